The van der Waals surface area contributed by atoms with Crippen LogP contribution < -0.4 is 0 Å². The Labute approximate surface area is 174 Å². The van der Waals surface area contributed by atoms with E-state index in [2.05, 4.69) is 4.74 Å². The lowest BCUT2D eigenvalue weighted by atomic mass is 9.68. The average molecular weight is 419 g/mol. The van der Waals surface area contributed by atoms with E-state index < -0.39 is 40.1 Å². The van der Waals surface area contributed by atoms with Crippen LogP contribution in [-0.2, 0) is 28.7 Å². The normalized spacial score (nSPS) is 18.3. The molecule has 0 spiro atoms. The number of carboxylic acids is 1. The summed E-state index contributed by atoms with van der Waals surface area (Å²) < 4.78 is 9.46. The van der Waals surface area contributed by atoms with E-state index in [4.69, 9.17) is 14.9 Å². The minimum Gasteiger partial charge on any atom is -0.481 e. The van der Waals surface area contributed by atoms with Crippen molar-refractivity contribution < 1.29 is 38.9 Å². The molecule has 0 radical (unpaired) electrons. The molecule has 29 heavy (non-hydrogen) atoms. The third kappa shape index (κ3) is 8.12. The van der Waals surface area contributed by atoms with Crippen LogP contribution in [0.1, 0.15) is 76.2 Å². The van der Waals surface area contributed by atoms with Gasteiger partial charge in [-0.3, -0.25) is 19.2 Å². The van der Waals surface area contributed by atoms with Gasteiger partial charge >= 0.3 is 23.9 Å². The highest BCUT2D eigenvalue weighted by molar-refractivity contribution is 5.98. The highest BCUT2D eigenvalue weighted by Crippen LogP contribution is 2.40. The molecule has 0 aliphatic carbocycles. The van der Waals surface area contributed by atoms with Gasteiger partial charge in [-0.1, -0.05) is 6.92 Å². The zero-order chi connectivity index (χ0) is 24.0. The summed E-state index contributed by atoms with van der Waals surface area (Å²) in [5.41, 5.74) is -2.83. The van der Waals surface area contributed by atoms with Crippen LogP contribution in [0.5, 0.6) is 0 Å². The second-order valence-electron chi connectivity index (χ2n) is 9.25. The molecule has 1 fully saturated rings. The van der Waals surface area contributed by atoms with Crippen LogP contribution in [0, 0.1) is 22.2 Å². The predicted octanol–water partition coefficient (Wildman–Crippen LogP) is 3.19. The van der Waals surface area contributed by atoms with Crippen molar-refractivity contribution in [2.24, 2.45) is 22.2 Å². The number of hydrogen-bond donors (Lipinski definition) is 2. The van der Waals surface area contributed by atoms with Gasteiger partial charge in [0.1, 0.15) is 0 Å². The van der Waals surface area contributed by atoms with Gasteiger partial charge in [0.25, 0.3) is 0 Å². The molecular weight excluding hydrogens is 380 g/mol. The SMILES string of the molecule is CC(C)O.CC(C)OC(=O)C(C)(C)C(C)(C)C(=O)O.CC1C(=O)OC(=O)C1(C)C. The molecule has 8 nitrogen and oxygen atoms in total. The molecule has 0 amide bonds. The first-order valence-electron chi connectivity index (χ1n) is 9.61. The number of hydrogen-bond acceptors (Lipinski definition) is 7. The van der Waals surface area contributed by atoms with Crippen molar-refractivity contribution >= 4 is 23.9 Å². The number of aliphatic hydroxyl groups excluding tert-OH is 1. The highest BCUT2D eigenvalue weighted by atomic mass is 16.6. The summed E-state index contributed by atoms with van der Waals surface area (Å²) in [6.07, 6.45) is -0.402. The van der Waals surface area contributed by atoms with E-state index in [0.29, 0.717) is 0 Å². The molecule has 0 aromatic carbocycles. The molecule has 1 atom stereocenters. The summed E-state index contributed by atoms with van der Waals surface area (Å²) in [4.78, 5) is 44.4. The molecule has 1 heterocycles. The van der Waals surface area contributed by atoms with Crippen LogP contribution in [0.25, 0.3) is 0 Å². The summed E-state index contributed by atoms with van der Waals surface area (Å²) in [6, 6.07) is 0. The van der Waals surface area contributed by atoms with Crippen molar-refractivity contribution in [3.63, 3.8) is 0 Å². The summed E-state index contributed by atoms with van der Waals surface area (Å²) >= 11 is 0. The van der Waals surface area contributed by atoms with E-state index in [1.165, 1.54) is 13.8 Å². The molecule has 1 aliphatic heterocycles. The van der Waals surface area contributed by atoms with Gasteiger partial charge in [0.15, 0.2) is 0 Å². The zero-order valence-corrected chi connectivity index (χ0v) is 19.6. The maximum absolute atomic E-state index is 11.7. The number of rotatable bonds is 4. The Morgan fingerprint density at radius 2 is 1.41 bits per heavy atom. The molecule has 2 N–H and O–H groups in total. The third-order valence-corrected chi connectivity index (χ3v) is 5.11. The van der Waals surface area contributed by atoms with E-state index in [-0.39, 0.29) is 18.1 Å². The molecule has 0 saturated carbocycles. The summed E-state index contributed by atoms with van der Waals surface area (Å²) in [5.74, 6) is -2.61. The molecule has 8 heteroatoms. The molecule has 0 bridgehead atoms. The van der Waals surface area contributed by atoms with Gasteiger partial charge in [0.2, 0.25) is 0 Å². The second kappa shape index (κ2) is 10.7. The molecule has 1 saturated heterocycles. The van der Waals surface area contributed by atoms with Crippen molar-refractivity contribution in [2.45, 2.75) is 88.4 Å². The number of aliphatic hydroxyl groups is 1. The monoisotopic (exact) mass is 418 g/mol. The first kappa shape index (κ1) is 29.2. The Hall–Kier alpha value is -1.96. The molecule has 1 rings (SSSR count). The first-order chi connectivity index (χ1) is 12.7. The van der Waals surface area contributed by atoms with Crippen molar-refractivity contribution in [3.05, 3.63) is 0 Å². The van der Waals surface area contributed by atoms with E-state index >= 15 is 0 Å². The number of ether oxygens (including phenoxy) is 2. The quantitative estimate of drug-likeness (QED) is 0.526. The van der Waals surface area contributed by atoms with Gasteiger partial charge < -0.3 is 19.7 Å². The second-order valence-corrected chi connectivity index (χ2v) is 9.25. The number of carbonyl (C=O) groups excluding carboxylic acids is 3. The zero-order valence-electron chi connectivity index (χ0n) is 19.6. The van der Waals surface area contributed by atoms with Gasteiger partial charge in [-0.2, -0.15) is 0 Å². The van der Waals surface area contributed by atoms with Crippen molar-refractivity contribution in [1.29, 1.82) is 0 Å². The van der Waals surface area contributed by atoms with E-state index in [1.54, 1.807) is 62.3 Å². The van der Waals surface area contributed by atoms with Crippen LogP contribution in [0.4, 0.5) is 0 Å². The van der Waals surface area contributed by atoms with Gasteiger partial charge in [0, 0.05) is 6.10 Å². The Morgan fingerprint density at radius 3 is 1.59 bits per heavy atom. The summed E-state index contributed by atoms with van der Waals surface area (Å²) in [7, 11) is 0. The number of cyclic esters (lactones) is 2. The predicted molar refractivity (Wildman–Crippen MR) is 108 cm³/mol. The largest absolute Gasteiger partial charge is 0.481 e. The van der Waals surface area contributed by atoms with Crippen LogP contribution in [0.3, 0.4) is 0 Å². The third-order valence-electron chi connectivity index (χ3n) is 5.11. The lowest BCUT2D eigenvalue weighted by Crippen LogP contribution is -2.46. The lowest BCUT2D eigenvalue weighted by molar-refractivity contribution is -0.174. The number of esters is 3. The number of aliphatic carboxylic acids is 1. The first-order valence-corrected chi connectivity index (χ1v) is 9.61. The Morgan fingerprint density at radius 1 is 1.03 bits per heavy atom. The topological polar surface area (TPSA) is 127 Å². The smallest absolute Gasteiger partial charge is 0.320 e. The van der Waals surface area contributed by atoms with Gasteiger partial charge in [-0.15, -0.1) is 0 Å². The fraction of sp³-hybridized carbons (Fsp3) is 0.810. The Bertz CT molecular complexity index is 597. The molecule has 1 aliphatic rings. The fourth-order valence-corrected chi connectivity index (χ4v) is 1.67. The Balaban J connectivity index is 0. The minimum atomic E-state index is -1.15. The maximum Gasteiger partial charge on any atom is 0.320 e. The molecule has 0 aromatic rings. The fourth-order valence-electron chi connectivity index (χ4n) is 1.67. The van der Waals surface area contributed by atoms with Crippen molar-refractivity contribution in [1.82, 2.24) is 0 Å². The standard InChI is InChI=1S/C11H20O4.C7H10O3.C3H8O/c1-7(2)15-9(14)11(5,6)10(3,4)8(12)13;1-4-5(8)10-6(9)7(4,2)3;1-3(2)4/h7H,1-6H3,(H,12,13);4H,1-3H3;3-4H,1-2H3. The molecule has 170 valence electrons. The average Bonchev–Trinajstić information content (AvgIpc) is 2.68. The van der Waals surface area contributed by atoms with Crippen LogP contribution >= 0.6 is 0 Å². The molecular formula is C21H38O8. The number of carbonyl (C=O) groups is 4. The van der Waals surface area contributed by atoms with Crippen LogP contribution in [0.15, 0.2) is 0 Å². The highest BCUT2D eigenvalue weighted by Gasteiger charge is 2.50. The van der Waals surface area contributed by atoms with Gasteiger partial charge in [0.05, 0.1) is 28.3 Å². The molecule has 0 aromatic heterocycles. The minimum absolute atomic E-state index is 0.167. The summed E-state index contributed by atoms with van der Waals surface area (Å²) in [6.45, 7) is 18.3. The number of carboxylic acid groups (broad SMARTS) is 1. The Kier molecular flexibility index (Phi) is 10.8. The maximum atomic E-state index is 11.7. The summed E-state index contributed by atoms with van der Waals surface area (Å²) in [5, 5.41) is 17.1. The van der Waals surface area contributed by atoms with E-state index in [1.807, 2.05) is 0 Å². The van der Waals surface area contributed by atoms with Gasteiger partial charge in [-0.25, -0.2) is 0 Å². The van der Waals surface area contributed by atoms with Crippen LogP contribution in [-0.4, -0.2) is 46.3 Å². The van der Waals surface area contributed by atoms with E-state index in [9.17, 15) is 19.2 Å². The lowest BCUT2D eigenvalue weighted by Gasteiger charge is -2.36. The van der Waals surface area contributed by atoms with Crippen molar-refractivity contribution in [3.8, 4) is 0 Å². The van der Waals surface area contributed by atoms with Gasteiger partial charge in [-0.05, 0) is 69.2 Å². The van der Waals surface area contributed by atoms with Crippen LogP contribution in [0.2, 0.25) is 0 Å². The van der Waals surface area contributed by atoms with Crippen molar-refractivity contribution in [2.75, 3.05) is 0 Å². The molecule has 1 unspecified atom stereocenters. The van der Waals surface area contributed by atoms with E-state index in [0.717, 1.165) is 0 Å².